The number of hydrogen-bond donors (Lipinski definition) is 5. The Morgan fingerprint density at radius 3 is 1.79 bits per heavy atom. The van der Waals surface area contributed by atoms with E-state index in [2.05, 4.69) is 4.74 Å². The fourth-order valence-corrected chi connectivity index (χ4v) is 0.889. The van der Waals surface area contributed by atoms with Gasteiger partial charge in [0.15, 0.2) is 6.10 Å². The molecule has 0 aliphatic carbocycles. The maximum absolute atomic E-state index is 10.9. The lowest BCUT2D eigenvalue weighted by molar-refractivity contribution is -0.169. The molecule has 8 nitrogen and oxygen atoms in total. The van der Waals surface area contributed by atoms with Crippen LogP contribution >= 0.6 is 0 Å². The van der Waals surface area contributed by atoms with Gasteiger partial charge in [0, 0.05) is 0 Å². The van der Waals surface area contributed by atoms with Crippen molar-refractivity contribution in [2.45, 2.75) is 45.2 Å². The molecule has 0 saturated carbocycles. The molecule has 0 unspecified atom stereocenters. The van der Waals surface area contributed by atoms with Gasteiger partial charge in [-0.3, -0.25) is 0 Å². The Balaban J connectivity index is 0. The highest BCUT2D eigenvalue weighted by atomic mass is 16.5. The second-order valence-corrected chi connectivity index (χ2v) is 3.84. The Morgan fingerprint density at radius 2 is 1.47 bits per heavy atom. The Morgan fingerprint density at radius 1 is 1.05 bits per heavy atom. The molecule has 0 aliphatic rings. The predicted octanol–water partition coefficient (Wildman–Crippen LogP) is -2.42. The average molecular weight is 282 g/mol. The van der Waals surface area contributed by atoms with Crippen molar-refractivity contribution >= 4 is 11.8 Å². The molecule has 0 aromatic rings. The Labute approximate surface area is 111 Å². The van der Waals surface area contributed by atoms with Crippen LogP contribution in [0.2, 0.25) is 0 Å². The fourth-order valence-electron chi connectivity index (χ4n) is 0.889. The molecule has 4 atom stereocenters. The maximum Gasteiger partial charge on any atom is 0.337 e. The summed E-state index contributed by atoms with van der Waals surface area (Å²) in [5.74, 6) is -0.936. The van der Waals surface area contributed by atoms with Crippen molar-refractivity contribution in [1.29, 1.82) is 0 Å². The van der Waals surface area contributed by atoms with Crippen LogP contribution < -0.4 is 0 Å². The van der Waals surface area contributed by atoms with Crippen LogP contribution in [0, 0.1) is 0 Å². The molecule has 0 fully saturated rings. The summed E-state index contributed by atoms with van der Waals surface area (Å²) in [7, 11) is 0. The van der Waals surface area contributed by atoms with Crippen LogP contribution in [0.5, 0.6) is 0 Å². The summed E-state index contributed by atoms with van der Waals surface area (Å²) in [5, 5.41) is 44.9. The molecule has 0 spiro atoms. The number of aliphatic hydroxyl groups is 5. The van der Waals surface area contributed by atoms with Crippen LogP contribution in [0.25, 0.3) is 0 Å². The number of aliphatic hydroxyl groups excluding tert-OH is 5. The highest BCUT2D eigenvalue weighted by molar-refractivity contribution is 5.75. The summed E-state index contributed by atoms with van der Waals surface area (Å²) in [5.41, 5.74) is 0. The number of ketones is 1. The quantitative estimate of drug-likeness (QED) is 0.338. The van der Waals surface area contributed by atoms with Gasteiger partial charge < -0.3 is 35.1 Å². The lowest BCUT2D eigenvalue weighted by atomic mass is 10.0. The fraction of sp³-hybridized carbons (Fsp3) is 0.818. The summed E-state index contributed by atoms with van der Waals surface area (Å²) in [4.78, 5) is 20.4. The molecule has 0 aromatic heterocycles. The zero-order valence-electron chi connectivity index (χ0n) is 11.2. The number of hydrogen-bond acceptors (Lipinski definition) is 8. The van der Waals surface area contributed by atoms with Crippen molar-refractivity contribution in [1.82, 2.24) is 0 Å². The monoisotopic (exact) mass is 282 g/mol. The zero-order valence-corrected chi connectivity index (χ0v) is 11.2. The average Bonchev–Trinajstić information content (AvgIpc) is 2.34. The number of carbonyl (C=O) groups excluding carboxylic acids is 2. The maximum atomic E-state index is 10.9. The van der Waals surface area contributed by atoms with Crippen LogP contribution in [0.1, 0.15) is 20.8 Å². The first kappa shape index (κ1) is 20.3. The predicted molar refractivity (Wildman–Crippen MR) is 64.1 cm³/mol. The van der Waals surface area contributed by atoms with Crippen molar-refractivity contribution in [2.75, 3.05) is 13.2 Å². The lowest BCUT2D eigenvalue weighted by Gasteiger charge is -2.24. The third kappa shape index (κ3) is 9.51. The SMILES string of the molecule is CC(C)=O.CCOC(=O)[C@H](O)[C@@H](O)[C@H](O)[C@H](O)CO. The van der Waals surface area contributed by atoms with Crippen molar-refractivity contribution in [3.63, 3.8) is 0 Å². The molecule has 8 heteroatoms. The van der Waals surface area contributed by atoms with E-state index in [-0.39, 0.29) is 12.4 Å². The third-order valence-electron chi connectivity index (χ3n) is 1.78. The zero-order chi connectivity index (χ0) is 15.6. The van der Waals surface area contributed by atoms with Crippen molar-refractivity contribution < 1.29 is 39.9 Å². The van der Waals surface area contributed by atoms with E-state index in [9.17, 15) is 14.7 Å². The smallest absolute Gasteiger partial charge is 0.337 e. The third-order valence-corrected chi connectivity index (χ3v) is 1.78. The minimum absolute atomic E-state index is 0.0151. The van der Waals surface area contributed by atoms with Crippen LogP contribution in [0.3, 0.4) is 0 Å². The van der Waals surface area contributed by atoms with E-state index in [0.29, 0.717) is 0 Å². The van der Waals surface area contributed by atoms with Gasteiger partial charge in [0.2, 0.25) is 0 Å². The summed E-state index contributed by atoms with van der Waals surface area (Å²) < 4.78 is 4.38. The Kier molecular flexibility index (Phi) is 11.5. The second kappa shape index (κ2) is 10.8. The molecule has 0 aliphatic heterocycles. The molecule has 5 N–H and O–H groups in total. The van der Waals surface area contributed by atoms with Gasteiger partial charge in [0.25, 0.3) is 0 Å². The molecule has 114 valence electrons. The van der Waals surface area contributed by atoms with E-state index < -0.39 is 37.0 Å². The van der Waals surface area contributed by atoms with E-state index in [4.69, 9.17) is 20.4 Å². The van der Waals surface area contributed by atoms with Gasteiger partial charge in [-0.05, 0) is 20.8 Å². The van der Waals surface area contributed by atoms with E-state index in [1.807, 2.05) is 0 Å². The summed E-state index contributed by atoms with van der Waals surface area (Å²) in [6, 6.07) is 0. The number of esters is 1. The van der Waals surface area contributed by atoms with Gasteiger partial charge in [-0.2, -0.15) is 0 Å². The molecule has 0 amide bonds. The van der Waals surface area contributed by atoms with Gasteiger partial charge in [0.05, 0.1) is 13.2 Å². The summed E-state index contributed by atoms with van der Waals surface area (Å²) in [6.45, 7) is 3.78. The van der Waals surface area contributed by atoms with Gasteiger partial charge in [0.1, 0.15) is 24.1 Å². The molecule has 0 heterocycles. The minimum atomic E-state index is -1.96. The van der Waals surface area contributed by atoms with E-state index in [1.165, 1.54) is 20.8 Å². The molecule has 0 aromatic carbocycles. The molecule has 0 bridgehead atoms. The number of carbonyl (C=O) groups is 2. The molecular weight excluding hydrogens is 260 g/mol. The Hall–Kier alpha value is -1.06. The molecule has 0 saturated heterocycles. The van der Waals surface area contributed by atoms with Crippen LogP contribution in [-0.2, 0) is 14.3 Å². The normalized spacial score (nSPS) is 16.4. The Bertz CT molecular complexity index is 263. The van der Waals surface area contributed by atoms with Gasteiger partial charge in [-0.15, -0.1) is 0 Å². The highest BCUT2D eigenvalue weighted by Crippen LogP contribution is 2.06. The van der Waals surface area contributed by atoms with Crippen molar-refractivity contribution in [2.24, 2.45) is 0 Å². The van der Waals surface area contributed by atoms with Gasteiger partial charge in [-0.1, -0.05) is 0 Å². The van der Waals surface area contributed by atoms with E-state index in [0.717, 1.165) is 0 Å². The van der Waals surface area contributed by atoms with Crippen molar-refractivity contribution in [3.05, 3.63) is 0 Å². The number of rotatable bonds is 6. The van der Waals surface area contributed by atoms with E-state index >= 15 is 0 Å². The molecule has 19 heavy (non-hydrogen) atoms. The van der Waals surface area contributed by atoms with Gasteiger partial charge >= 0.3 is 5.97 Å². The standard InChI is InChI=1S/C8H16O7.C3H6O/c1-2-15-8(14)7(13)6(12)5(11)4(10)3-9;1-3(2)4/h4-7,9-13H,2-3H2,1H3;1-2H3/t4-,5-,6+,7-;/m1./s1. The first-order valence-corrected chi connectivity index (χ1v) is 5.65. The molecule has 0 radical (unpaired) electrons. The number of Topliss-reactive ketones (excluding diaryl/α,β-unsaturated/α-hetero) is 1. The van der Waals surface area contributed by atoms with Crippen molar-refractivity contribution in [3.8, 4) is 0 Å². The largest absolute Gasteiger partial charge is 0.464 e. The first-order valence-electron chi connectivity index (χ1n) is 5.65. The van der Waals surface area contributed by atoms with Crippen LogP contribution in [-0.4, -0.2) is 74.9 Å². The van der Waals surface area contributed by atoms with Crippen LogP contribution in [0.4, 0.5) is 0 Å². The van der Waals surface area contributed by atoms with Gasteiger partial charge in [-0.25, -0.2) is 4.79 Å². The first-order chi connectivity index (χ1) is 8.68. The summed E-state index contributed by atoms with van der Waals surface area (Å²) in [6.07, 6.45) is -7.33. The second-order valence-electron chi connectivity index (χ2n) is 3.84. The molecular formula is C11H22O8. The molecule has 0 rings (SSSR count). The highest BCUT2D eigenvalue weighted by Gasteiger charge is 2.34. The van der Waals surface area contributed by atoms with E-state index in [1.54, 1.807) is 0 Å². The lowest BCUT2D eigenvalue weighted by Crippen LogP contribution is -2.49. The minimum Gasteiger partial charge on any atom is -0.464 e. The topological polar surface area (TPSA) is 145 Å². The number of ether oxygens (including phenoxy) is 1. The van der Waals surface area contributed by atoms with Crippen LogP contribution in [0.15, 0.2) is 0 Å². The summed E-state index contributed by atoms with van der Waals surface area (Å²) >= 11 is 0.